The largest absolute Gasteiger partial charge is 0.493 e. The van der Waals surface area contributed by atoms with Gasteiger partial charge in [0.15, 0.2) is 0 Å². The molecule has 0 spiro atoms. The number of nitrogens with one attached hydrogen (secondary N) is 1. The average molecular weight is 284 g/mol. The highest BCUT2D eigenvalue weighted by Gasteiger charge is 2.28. The Bertz CT molecular complexity index is 543. The highest BCUT2D eigenvalue weighted by molar-refractivity contribution is 7.87. The number of para-hydroxylation sites is 1. The summed E-state index contributed by atoms with van der Waals surface area (Å²) in [5.41, 5.74) is 0.898. The topological polar surface area (TPSA) is 58.6 Å². The maximum Gasteiger partial charge on any atom is 0.279 e. The summed E-state index contributed by atoms with van der Waals surface area (Å²) < 4.78 is 34.1. The molecule has 0 fully saturated rings. The first-order valence-corrected chi connectivity index (χ1v) is 7.83. The molecule has 1 atom stereocenters. The molecule has 0 saturated heterocycles. The quantitative estimate of drug-likeness (QED) is 0.915. The Kier molecular flexibility index (Phi) is 4.13. The Morgan fingerprint density at radius 1 is 1.37 bits per heavy atom. The van der Waals surface area contributed by atoms with E-state index in [2.05, 4.69) is 4.72 Å². The van der Waals surface area contributed by atoms with Gasteiger partial charge in [-0.05, 0) is 19.9 Å². The van der Waals surface area contributed by atoms with Crippen LogP contribution in [0.4, 0.5) is 0 Å². The maximum atomic E-state index is 12.2. The van der Waals surface area contributed by atoms with Gasteiger partial charge in [-0.3, -0.25) is 0 Å². The van der Waals surface area contributed by atoms with Gasteiger partial charge in [-0.1, -0.05) is 18.2 Å². The molecular formula is C13H20N2O3S. The van der Waals surface area contributed by atoms with Crippen molar-refractivity contribution in [1.29, 1.82) is 0 Å². The molecule has 106 valence electrons. The molecule has 0 saturated carbocycles. The SMILES string of the molecule is CC(C)N(C)S(=O)(=O)NC1CCOc2ccccc21. The van der Waals surface area contributed by atoms with Crippen molar-refractivity contribution in [2.75, 3.05) is 13.7 Å². The van der Waals surface area contributed by atoms with Crippen LogP contribution in [-0.4, -0.2) is 32.4 Å². The van der Waals surface area contributed by atoms with Crippen molar-refractivity contribution >= 4 is 10.2 Å². The zero-order valence-electron chi connectivity index (χ0n) is 11.5. The van der Waals surface area contributed by atoms with E-state index in [0.717, 1.165) is 11.3 Å². The molecule has 5 nitrogen and oxygen atoms in total. The van der Waals surface area contributed by atoms with E-state index in [4.69, 9.17) is 4.74 Å². The number of fused-ring (bicyclic) bond motifs is 1. The second-order valence-corrected chi connectivity index (χ2v) is 6.72. The molecule has 1 aromatic rings. The second-order valence-electron chi connectivity index (χ2n) is 4.96. The number of nitrogens with zero attached hydrogens (tertiary/aromatic N) is 1. The second kappa shape index (κ2) is 5.48. The summed E-state index contributed by atoms with van der Waals surface area (Å²) >= 11 is 0. The first-order valence-electron chi connectivity index (χ1n) is 6.39. The Labute approximate surface area is 114 Å². The number of benzene rings is 1. The summed E-state index contributed by atoms with van der Waals surface area (Å²) in [5, 5.41) is 0. The Morgan fingerprint density at radius 2 is 2.05 bits per heavy atom. The minimum Gasteiger partial charge on any atom is -0.493 e. The summed E-state index contributed by atoms with van der Waals surface area (Å²) in [7, 11) is -1.89. The van der Waals surface area contributed by atoms with Gasteiger partial charge in [-0.2, -0.15) is 17.4 Å². The van der Waals surface area contributed by atoms with Gasteiger partial charge in [0.25, 0.3) is 10.2 Å². The number of hydrogen-bond donors (Lipinski definition) is 1. The van der Waals surface area contributed by atoms with Crippen LogP contribution >= 0.6 is 0 Å². The zero-order chi connectivity index (χ0) is 14.0. The predicted octanol–water partition coefficient (Wildman–Crippen LogP) is 1.68. The average Bonchev–Trinajstić information content (AvgIpc) is 2.38. The minimum absolute atomic E-state index is 0.0763. The van der Waals surface area contributed by atoms with E-state index in [0.29, 0.717) is 13.0 Å². The van der Waals surface area contributed by atoms with E-state index in [1.54, 1.807) is 7.05 Å². The Balaban J connectivity index is 2.22. The van der Waals surface area contributed by atoms with Crippen LogP contribution < -0.4 is 9.46 Å². The molecule has 1 heterocycles. The Hall–Kier alpha value is -1.11. The van der Waals surface area contributed by atoms with Gasteiger partial charge in [0, 0.05) is 25.1 Å². The highest BCUT2D eigenvalue weighted by Crippen LogP contribution is 2.32. The van der Waals surface area contributed by atoms with Crippen LogP contribution in [0.3, 0.4) is 0 Å². The van der Waals surface area contributed by atoms with Gasteiger partial charge in [0.2, 0.25) is 0 Å². The van der Waals surface area contributed by atoms with Crippen LogP contribution in [0.2, 0.25) is 0 Å². The first-order chi connectivity index (χ1) is 8.92. The monoisotopic (exact) mass is 284 g/mol. The van der Waals surface area contributed by atoms with Crippen LogP contribution in [0.25, 0.3) is 0 Å². The van der Waals surface area contributed by atoms with E-state index in [1.165, 1.54) is 4.31 Å². The van der Waals surface area contributed by atoms with Gasteiger partial charge >= 0.3 is 0 Å². The summed E-state index contributed by atoms with van der Waals surface area (Å²) in [4.78, 5) is 0. The molecule has 1 aromatic carbocycles. The summed E-state index contributed by atoms with van der Waals surface area (Å²) in [6.45, 7) is 4.21. The number of ether oxygens (including phenoxy) is 1. The zero-order valence-corrected chi connectivity index (χ0v) is 12.3. The maximum absolute atomic E-state index is 12.2. The molecule has 2 rings (SSSR count). The van der Waals surface area contributed by atoms with E-state index >= 15 is 0 Å². The van der Waals surface area contributed by atoms with Crippen molar-refractivity contribution in [3.63, 3.8) is 0 Å². The van der Waals surface area contributed by atoms with Crippen molar-refractivity contribution in [2.24, 2.45) is 0 Å². The van der Waals surface area contributed by atoms with E-state index < -0.39 is 10.2 Å². The van der Waals surface area contributed by atoms with Crippen LogP contribution in [0.5, 0.6) is 5.75 Å². The van der Waals surface area contributed by atoms with Crippen molar-refractivity contribution < 1.29 is 13.2 Å². The van der Waals surface area contributed by atoms with Crippen LogP contribution in [0.15, 0.2) is 24.3 Å². The third kappa shape index (κ3) is 3.08. The van der Waals surface area contributed by atoms with Gasteiger partial charge in [-0.15, -0.1) is 0 Å². The minimum atomic E-state index is -3.47. The van der Waals surface area contributed by atoms with Crippen molar-refractivity contribution in [2.45, 2.75) is 32.4 Å². The molecule has 0 aliphatic carbocycles. The van der Waals surface area contributed by atoms with Crippen molar-refractivity contribution in [1.82, 2.24) is 9.03 Å². The summed E-state index contributed by atoms with van der Waals surface area (Å²) in [6, 6.07) is 7.24. The smallest absolute Gasteiger partial charge is 0.279 e. The van der Waals surface area contributed by atoms with Crippen molar-refractivity contribution in [3.8, 4) is 5.75 Å². The highest BCUT2D eigenvalue weighted by atomic mass is 32.2. The Morgan fingerprint density at radius 3 is 2.74 bits per heavy atom. The van der Waals surface area contributed by atoms with E-state index in [9.17, 15) is 8.42 Å². The van der Waals surface area contributed by atoms with Crippen LogP contribution in [0.1, 0.15) is 31.9 Å². The third-order valence-corrected chi connectivity index (χ3v) is 5.12. The van der Waals surface area contributed by atoms with Gasteiger partial charge in [0.1, 0.15) is 5.75 Å². The molecule has 0 radical (unpaired) electrons. The fourth-order valence-electron chi connectivity index (χ4n) is 2.00. The number of hydrogen-bond acceptors (Lipinski definition) is 3. The third-order valence-electron chi connectivity index (χ3n) is 3.36. The first kappa shape index (κ1) is 14.3. The summed E-state index contributed by atoms with van der Waals surface area (Å²) in [6.07, 6.45) is 0.641. The molecule has 6 heteroatoms. The van der Waals surface area contributed by atoms with Crippen LogP contribution in [0, 0.1) is 0 Å². The molecule has 0 aromatic heterocycles. The molecule has 1 aliphatic rings. The van der Waals surface area contributed by atoms with E-state index in [1.807, 2.05) is 38.1 Å². The normalized spacial score (nSPS) is 19.3. The van der Waals surface area contributed by atoms with Gasteiger partial charge in [-0.25, -0.2) is 0 Å². The van der Waals surface area contributed by atoms with Crippen LogP contribution in [-0.2, 0) is 10.2 Å². The predicted molar refractivity (Wildman–Crippen MR) is 74.2 cm³/mol. The van der Waals surface area contributed by atoms with Gasteiger partial charge < -0.3 is 4.74 Å². The molecule has 0 amide bonds. The molecular weight excluding hydrogens is 264 g/mol. The van der Waals surface area contributed by atoms with Crippen molar-refractivity contribution in [3.05, 3.63) is 29.8 Å². The number of rotatable bonds is 4. The molecule has 1 aliphatic heterocycles. The lowest BCUT2D eigenvalue weighted by Crippen LogP contribution is -2.44. The van der Waals surface area contributed by atoms with Gasteiger partial charge in [0.05, 0.1) is 12.6 Å². The fourth-order valence-corrected chi connectivity index (χ4v) is 3.33. The lowest BCUT2D eigenvalue weighted by molar-refractivity contribution is 0.261. The lowest BCUT2D eigenvalue weighted by atomic mass is 10.0. The van der Waals surface area contributed by atoms with E-state index in [-0.39, 0.29) is 12.1 Å². The summed E-state index contributed by atoms with van der Waals surface area (Å²) in [5.74, 6) is 0.758. The molecule has 19 heavy (non-hydrogen) atoms. The molecule has 1 unspecified atom stereocenters. The lowest BCUT2D eigenvalue weighted by Gasteiger charge is -2.29. The standard InChI is InChI=1S/C13H20N2O3S/c1-10(2)15(3)19(16,17)14-12-8-9-18-13-7-5-4-6-11(12)13/h4-7,10,12,14H,8-9H2,1-3H3. The molecule has 1 N–H and O–H groups in total. The fraction of sp³-hybridized carbons (Fsp3) is 0.538. The molecule has 0 bridgehead atoms.